The predicted molar refractivity (Wildman–Crippen MR) is 92.2 cm³/mol. The van der Waals surface area contributed by atoms with Crippen molar-refractivity contribution in [3.63, 3.8) is 0 Å². The number of rotatable bonds is 4. The monoisotopic (exact) mass is 336 g/mol. The van der Waals surface area contributed by atoms with Gasteiger partial charge in [-0.2, -0.15) is 9.61 Å². The molecule has 0 aliphatic carbocycles. The third kappa shape index (κ3) is 2.88. The van der Waals surface area contributed by atoms with Gasteiger partial charge in [0.05, 0.1) is 0 Å². The topological polar surface area (TPSA) is 43.1 Å². The molecule has 0 saturated carbocycles. The number of thioether (sulfide) groups is 1. The molecule has 0 bridgehead atoms. The fourth-order valence-corrected chi connectivity index (χ4v) is 3.22. The molecule has 0 N–H and O–H groups in total. The van der Waals surface area contributed by atoms with Gasteiger partial charge in [-0.15, -0.1) is 10.2 Å². The maximum Gasteiger partial charge on any atom is 0.185 e. The molecule has 4 aromatic rings. The summed E-state index contributed by atoms with van der Waals surface area (Å²) in [6.45, 7) is 0. The van der Waals surface area contributed by atoms with E-state index in [4.69, 9.17) is 0 Å². The average Bonchev–Trinajstić information content (AvgIpc) is 3.05. The van der Waals surface area contributed by atoms with E-state index in [1.165, 1.54) is 17.8 Å². The molecule has 0 saturated heterocycles. The minimum Gasteiger partial charge on any atom is -0.207 e. The number of benzene rings is 2. The van der Waals surface area contributed by atoms with Gasteiger partial charge >= 0.3 is 0 Å². The van der Waals surface area contributed by atoms with Gasteiger partial charge in [0.15, 0.2) is 11.5 Å². The maximum atomic E-state index is 13.7. The molecule has 118 valence electrons. The van der Waals surface area contributed by atoms with E-state index in [0.717, 1.165) is 10.6 Å². The summed E-state index contributed by atoms with van der Waals surface area (Å²) >= 11 is 1.48. The normalized spacial score (nSPS) is 11.0. The lowest BCUT2D eigenvalue weighted by molar-refractivity contribution is 0.617. The fraction of sp³-hybridized carbons (Fsp3) is 0.0556. The predicted octanol–water partition coefficient (Wildman–Crippen LogP) is 4.22. The van der Waals surface area contributed by atoms with E-state index in [9.17, 15) is 4.39 Å². The average molecular weight is 336 g/mol. The number of fused-ring (bicyclic) bond motifs is 1. The molecule has 6 heteroatoms. The molecule has 0 radical (unpaired) electrons. The van der Waals surface area contributed by atoms with Crippen LogP contribution in [0.4, 0.5) is 4.39 Å². The van der Waals surface area contributed by atoms with E-state index in [0.29, 0.717) is 22.8 Å². The zero-order valence-electron chi connectivity index (χ0n) is 12.6. The quantitative estimate of drug-likeness (QED) is 0.523. The molecule has 0 fully saturated rings. The highest BCUT2D eigenvalue weighted by Crippen LogP contribution is 2.24. The second-order valence-corrected chi connectivity index (χ2v) is 6.21. The van der Waals surface area contributed by atoms with Crippen molar-refractivity contribution in [3.8, 4) is 11.4 Å². The molecule has 0 aliphatic heterocycles. The molecule has 2 aromatic carbocycles. The van der Waals surface area contributed by atoms with Crippen molar-refractivity contribution >= 4 is 17.4 Å². The summed E-state index contributed by atoms with van der Waals surface area (Å²) in [4.78, 5) is 0. The second kappa shape index (κ2) is 6.41. The largest absolute Gasteiger partial charge is 0.207 e. The minimum atomic E-state index is -0.194. The number of nitrogens with zero attached hydrogens (tertiary/aromatic N) is 4. The van der Waals surface area contributed by atoms with E-state index >= 15 is 0 Å². The summed E-state index contributed by atoms with van der Waals surface area (Å²) in [7, 11) is 0. The highest BCUT2D eigenvalue weighted by atomic mass is 32.2. The lowest BCUT2D eigenvalue weighted by atomic mass is 10.2. The van der Waals surface area contributed by atoms with Crippen molar-refractivity contribution in [1.82, 2.24) is 19.8 Å². The first-order valence-electron chi connectivity index (χ1n) is 7.45. The van der Waals surface area contributed by atoms with Crippen molar-refractivity contribution in [2.75, 3.05) is 0 Å². The van der Waals surface area contributed by atoms with E-state index in [1.807, 2.05) is 48.5 Å². The van der Waals surface area contributed by atoms with Gasteiger partial charge in [-0.25, -0.2) is 4.39 Å². The van der Waals surface area contributed by atoms with Crippen LogP contribution in [0.1, 0.15) is 5.56 Å². The Balaban J connectivity index is 1.64. The molecule has 2 aromatic heterocycles. The van der Waals surface area contributed by atoms with Gasteiger partial charge < -0.3 is 0 Å². The van der Waals surface area contributed by atoms with E-state index < -0.39 is 0 Å². The van der Waals surface area contributed by atoms with Gasteiger partial charge in [-0.05, 0) is 23.8 Å². The SMILES string of the molecule is Fc1ccccc1CSc1ccc2nnc(-c3ccccc3)n2n1. The Labute approximate surface area is 142 Å². The first-order chi connectivity index (χ1) is 11.8. The molecular weight excluding hydrogens is 323 g/mol. The second-order valence-electron chi connectivity index (χ2n) is 5.21. The Kier molecular flexibility index (Phi) is 3.96. The van der Waals surface area contributed by atoms with E-state index in [-0.39, 0.29) is 5.82 Å². The Morgan fingerprint density at radius 2 is 1.67 bits per heavy atom. The summed E-state index contributed by atoms with van der Waals surface area (Å²) in [5.74, 6) is 1.02. The number of halogens is 1. The number of hydrogen-bond donors (Lipinski definition) is 0. The zero-order valence-corrected chi connectivity index (χ0v) is 13.4. The molecule has 0 aliphatic rings. The van der Waals surface area contributed by atoms with Crippen LogP contribution in [0.3, 0.4) is 0 Å². The molecular formula is C18H13FN4S. The third-order valence-electron chi connectivity index (χ3n) is 3.60. The molecule has 0 amide bonds. The summed E-state index contributed by atoms with van der Waals surface area (Å²) < 4.78 is 15.4. The van der Waals surface area contributed by atoms with Crippen molar-refractivity contribution in [2.24, 2.45) is 0 Å². The van der Waals surface area contributed by atoms with Crippen molar-refractivity contribution in [3.05, 3.63) is 78.1 Å². The van der Waals surface area contributed by atoms with Crippen LogP contribution < -0.4 is 0 Å². The van der Waals surface area contributed by atoms with Crippen molar-refractivity contribution < 1.29 is 4.39 Å². The standard InChI is InChI=1S/C18H13FN4S/c19-15-9-5-4-8-14(15)12-24-17-11-10-16-20-21-18(23(16)22-17)13-6-2-1-3-7-13/h1-11H,12H2. The summed E-state index contributed by atoms with van der Waals surface area (Å²) in [6, 6.07) is 20.3. The Morgan fingerprint density at radius 3 is 2.50 bits per heavy atom. The van der Waals surface area contributed by atoms with Gasteiger partial charge in [-0.3, -0.25) is 0 Å². The minimum absolute atomic E-state index is 0.194. The van der Waals surface area contributed by atoms with Crippen LogP contribution in [0.5, 0.6) is 0 Å². The van der Waals surface area contributed by atoms with Crippen LogP contribution >= 0.6 is 11.8 Å². The molecule has 0 unspecified atom stereocenters. The molecule has 0 spiro atoms. The van der Waals surface area contributed by atoms with Crippen LogP contribution in [0.2, 0.25) is 0 Å². The zero-order chi connectivity index (χ0) is 16.4. The van der Waals surface area contributed by atoms with Crippen LogP contribution in [-0.4, -0.2) is 19.8 Å². The number of hydrogen-bond acceptors (Lipinski definition) is 4. The van der Waals surface area contributed by atoms with E-state index in [2.05, 4.69) is 15.3 Å². The highest BCUT2D eigenvalue weighted by Gasteiger charge is 2.10. The van der Waals surface area contributed by atoms with Gasteiger partial charge in [0.1, 0.15) is 10.8 Å². The Hall–Kier alpha value is -2.73. The molecule has 4 nitrogen and oxygen atoms in total. The number of aromatic nitrogens is 4. The van der Waals surface area contributed by atoms with Crippen LogP contribution in [0.15, 0.2) is 71.8 Å². The molecule has 4 rings (SSSR count). The first-order valence-corrected chi connectivity index (χ1v) is 8.44. The van der Waals surface area contributed by atoms with Crippen molar-refractivity contribution in [2.45, 2.75) is 10.8 Å². The smallest absolute Gasteiger partial charge is 0.185 e. The van der Waals surface area contributed by atoms with Crippen LogP contribution in [0, 0.1) is 5.82 Å². The maximum absolute atomic E-state index is 13.7. The lowest BCUT2D eigenvalue weighted by Crippen LogP contribution is -1.97. The van der Waals surface area contributed by atoms with Crippen LogP contribution in [-0.2, 0) is 5.75 Å². The fourth-order valence-electron chi connectivity index (χ4n) is 2.38. The van der Waals surface area contributed by atoms with Crippen molar-refractivity contribution in [1.29, 1.82) is 0 Å². The van der Waals surface area contributed by atoms with Gasteiger partial charge in [-0.1, -0.05) is 60.3 Å². The lowest BCUT2D eigenvalue weighted by Gasteiger charge is -2.04. The summed E-state index contributed by atoms with van der Waals surface area (Å²) in [5, 5.41) is 13.8. The summed E-state index contributed by atoms with van der Waals surface area (Å²) in [5.41, 5.74) is 2.30. The van der Waals surface area contributed by atoms with Crippen LogP contribution in [0.25, 0.3) is 17.0 Å². The molecule has 0 atom stereocenters. The Bertz CT molecular complexity index is 985. The first kappa shape index (κ1) is 14.8. The Morgan fingerprint density at radius 1 is 0.875 bits per heavy atom. The summed E-state index contributed by atoms with van der Waals surface area (Å²) in [6.07, 6.45) is 0. The third-order valence-corrected chi connectivity index (χ3v) is 4.57. The molecule has 2 heterocycles. The van der Waals surface area contributed by atoms with E-state index in [1.54, 1.807) is 16.6 Å². The van der Waals surface area contributed by atoms with Gasteiger partial charge in [0.2, 0.25) is 0 Å². The molecule has 24 heavy (non-hydrogen) atoms. The van der Waals surface area contributed by atoms with Gasteiger partial charge in [0.25, 0.3) is 0 Å². The van der Waals surface area contributed by atoms with Gasteiger partial charge in [0, 0.05) is 11.3 Å². The highest BCUT2D eigenvalue weighted by molar-refractivity contribution is 7.98.